The molecule has 0 aliphatic carbocycles. The fourth-order valence-corrected chi connectivity index (χ4v) is 1.96. The normalized spacial score (nSPS) is 10.3. The minimum Gasteiger partial charge on any atom is -0.389 e. The highest BCUT2D eigenvalue weighted by molar-refractivity contribution is 7.80. The maximum atomic E-state index is 5.66. The Morgan fingerprint density at radius 1 is 1.32 bits per heavy atom. The van der Waals surface area contributed by atoms with Gasteiger partial charge < -0.3 is 10.6 Å². The number of hydrogen-bond donors (Lipinski definition) is 1. The van der Waals surface area contributed by atoms with Gasteiger partial charge in [-0.25, -0.2) is 4.98 Å². The molecule has 2 rings (SSSR count). The standard InChI is InChI=1S/C14H16N4S/c1-9-8-16-10(2)14(17-9)18(3)12-6-4-5-11(7-12)13(15)19/h4-8H,1-3H3,(H2,15,19). The van der Waals surface area contributed by atoms with Crippen molar-refractivity contribution in [2.75, 3.05) is 11.9 Å². The molecule has 2 N–H and O–H groups in total. The number of benzene rings is 1. The van der Waals surface area contributed by atoms with Gasteiger partial charge in [0.2, 0.25) is 0 Å². The van der Waals surface area contributed by atoms with Crippen molar-refractivity contribution in [1.29, 1.82) is 0 Å². The molecular weight excluding hydrogens is 256 g/mol. The predicted octanol–water partition coefficient (Wildman–Crippen LogP) is 2.50. The summed E-state index contributed by atoms with van der Waals surface area (Å²) in [5.74, 6) is 0.833. The van der Waals surface area contributed by atoms with Crippen LogP contribution < -0.4 is 10.6 Å². The van der Waals surface area contributed by atoms with E-state index < -0.39 is 0 Å². The number of nitrogens with zero attached hydrogens (tertiary/aromatic N) is 3. The molecule has 1 aromatic carbocycles. The molecule has 0 spiro atoms. The van der Waals surface area contributed by atoms with E-state index in [2.05, 4.69) is 9.97 Å². The van der Waals surface area contributed by atoms with E-state index in [-0.39, 0.29) is 0 Å². The molecule has 4 nitrogen and oxygen atoms in total. The highest BCUT2D eigenvalue weighted by Gasteiger charge is 2.10. The van der Waals surface area contributed by atoms with Crippen LogP contribution in [-0.2, 0) is 0 Å². The number of thiocarbonyl (C=S) groups is 1. The Morgan fingerprint density at radius 3 is 2.74 bits per heavy atom. The van der Waals surface area contributed by atoms with Crippen LogP contribution in [0.5, 0.6) is 0 Å². The van der Waals surface area contributed by atoms with Gasteiger partial charge in [-0.2, -0.15) is 0 Å². The van der Waals surface area contributed by atoms with Gasteiger partial charge in [-0.1, -0.05) is 24.4 Å². The average Bonchev–Trinajstić information content (AvgIpc) is 2.41. The zero-order valence-electron chi connectivity index (χ0n) is 11.2. The SMILES string of the molecule is Cc1cnc(C)c(N(C)c2cccc(C(N)=S)c2)n1. The van der Waals surface area contributed by atoms with Crippen LogP contribution in [0.25, 0.3) is 0 Å². The molecule has 0 aliphatic heterocycles. The quantitative estimate of drug-likeness (QED) is 0.870. The summed E-state index contributed by atoms with van der Waals surface area (Å²) in [6.45, 7) is 3.87. The Bertz CT molecular complexity index is 625. The third-order valence-electron chi connectivity index (χ3n) is 2.89. The number of hydrogen-bond acceptors (Lipinski definition) is 4. The molecule has 0 fully saturated rings. The summed E-state index contributed by atoms with van der Waals surface area (Å²) in [7, 11) is 1.95. The minimum atomic E-state index is 0.391. The lowest BCUT2D eigenvalue weighted by atomic mass is 10.2. The zero-order valence-corrected chi connectivity index (χ0v) is 12.0. The molecule has 0 atom stereocenters. The fraction of sp³-hybridized carbons (Fsp3) is 0.214. The maximum absolute atomic E-state index is 5.66. The fourth-order valence-electron chi connectivity index (χ4n) is 1.83. The van der Waals surface area contributed by atoms with Gasteiger partial charge in [0.1, 0.15) is 4.99 Å². The van der Waals surface area contributed by atoms with Crippen molar-refractivity contribution in [3.63, 3.8) is 0 Å². The number of aromatic nitrogens is 2. The molecule has 2 aromatic rings. The summed E-state index contributed by atoms with van der Waals surface area (Å²) in [5, 5.41) is 0. The van der Waals surface area contributed by atoms with Crippen LogP contribution in [0.2, 0.25) is 0 Å². The monoisotopic (exact) mass is 272 g/mol. The Balaban J connectivity index is 2.43. The Labute approximate surface area is 118 Å². The summed E-state index contributed by atoms with van der Waals surface area (Å²) in [4.78, 5) is 11.2. The average molecular weight is 272 g/mol. The van der Waals surface area contributed by atoms with Gasteiger partial charge in [0.05, 0.1) is 11.4 Å². The molecule has 1 heterocycles. The first-order chi connectivity index (χ1) is 8.99. The van der Waals surface area contributed by atoms with E-state index in [0.717, 1.165) is 28.5 Å². The first kappa shape index (κ1) is 13.4. The van der Waals surface area contributed by atoms with Crippen molar-refractivity contribution >= 4 is 28.7 Å². The van der Waals surface area contributed by atoms with Crippen LogP contribution in [0, 0.1) is 13.8 Å². The topological polar surface area (TPSA) is 55.0 Å². The van der Waals surface area contributed by atoms with E-state index in [1.54, 1.807) is 6.20 Å². The van der Waals surface area contributed by atoms with E-state index in [1.807, 2.05) is 50.1 Å². The van der Waals surface area contributed by atoms with Gasteiger partial charge in [-0.3, -0.25) is 4.98 Å². The molecule has 0 saturated heterocycles. The molecule has 5 heteroatoms. The van der Waals surface area contributed by atoms with E-state index in [4.69, 9.17) is 18.0 Å². The first-order valence-electron chi connectivity index (χ1n) is 5.93. The van der Waals surface area contributed by atoms with Crippen LogP contribution in [0.1, 0.15) is 17.0 Å². The van der Waals surface area contributed by atoms with Crippen molar-refractivity contribution in [1.82, 2.24) is 9.97 Å². The van der Waals surface area contributed by atoms with Gasteiger partial charge in [0.15, 0.2) is 5.82 Å². The zero-order chi connectivity index (χ0) is 14.0. The number of aryl methyl sites for hydroxylation is 2. The molecule has 0 amide bonds. The third-order valence-corrected chi connectivity index (χ3v) is 3.12. The summed E-state index contributed by atoms with van der Waals surface area (Å²) in [6, 6.07) is 7.77. The number of nitrogens with two attached hydrogens (primary N) is 1. The smallest absolute Gasteiger partial charge is 0.154 e. The predicted molar refractivity (Wildman–Crippen MR) is 81.9 cm³/mol. The van der Waals surface area contributed by atoms with E-state index in [9.17, 15) is 0 Å². The van der Waals surface area contributed by atoms with Gasteiger partial charge >= 0.3 is 0 Å². The Hall–Kier alpha value is -2.01. The Kier molecular flexibility index (Phi) is 3.76. The molecule has 0 unspecified atom stereocenters. The van der Waals surface area contributed by atoms with Crippen molar-refractivity contribution < 1.29 is 0 Å². The van der Waals surface area contributed by atoms with Gasteiger partial charge in [0, 0.05) is 24.5 Å². The van der Waals surface area contributed by atoms with Crippen LogP contribution in [0.4, 0.5) is 11.5 Å². The van der Waals surface area contributed by atoms with Gasteiger partial charge in [-0.05, 0) is 26.0 Å². The second-order valence-electron chi connectivity index (χ2n) is 4.39. The molecule has 0 aliphatic rings. The van der Waals surface area contributed by atoms with Crippen LogP contribution in [-0.4, -0.2) is 22.0 Å². The van der Waals surface area contributed by atoms with Crippen molar-refractivity contribution in [3.8, 4) is 0 Å². The van der Waals surface area contributed by atoms with E-state index in [0.29, 0.717) is 4.99 Å². The number of rotatable bonds is 3. The lowest BCUT2D eigenvalue weighted by Gasteiger charge is -2.20. The van der Waals surface area contributed by atoms with Gasteiger partial charge in [-0.15, -0.1) is 0 Å². The summed E-state index contributed by atoms with van der Waals surface area (Å²) < 4.78 is 0. The molecule has 0 radical (unpaired) electrons. The largest absolute Gasteiger partial charge is 0.389 e. The highest BCUT2D eigenvalue weighted by Crippen LogP contribution is 2.24. The second-order valence-corrected chi connectivity index (χ2v) is 4.83. The van der Waals surface area contributed by atoms with E-state index >= 15 is 0 Å². The summed E-state index contributed by atoms with van der Waals surface area (Å²) in [5.41, 5.74) is 9.26. The third kappa shape index (κ3) is 2.88. The molecule has 0 saturated carbocycles. The molecule has 19 heavy (non-hydrogen) atoms. The van der Waals surface area contributed by atoms with Crippen molar-refractivity contribution in [2.24, 2.45) is 5.73 Å². The van der Waals surface area contributed by atoms with Crippen LogP contribution >= 0.6 is 12.2 Å². The molecule has 98 valence electrons. The Morgan fingerprint density at radius 2 is 2.05 bits per heavy atom. The molecule has 0 bridgehead atoms. The minimum absolute atomic E-state index is 0.391. The van der Waals surface area contributed by atoms with Gasteiger partial charge in [0.25, 0.3) is 0 Å². The summed E-state index contributed by atoms with van der Waals surface area (Å²) >= 11 is 5.00. The lowest BCUT2D eigenvalue weighted by Crippen LogP contribution is -2.15. The van der Waals surface area contributed by atoms with Crippen LogP contribution in [0.15, 0.2) is 30.5 Å². The van der Waals surface area contributed by atoms with Crippen molar-refractivity contribution in [3.05, 3.63) is 47.4 Å². The van der Waals surface area contributed by atoms with Crippen molar-refractivity contribution in [2.45, 2.75) is 13.8 Å². The molecular formula is C14H16N4S. The molecule has 1 aromatic heterocycles. The van der Waals surface area contributed by atoms with E-state index in [1.165, 1.54) is 0 Å². The second kappa shape index (κ2) is 5.32. The summed E-state index contributed by atoms with van der Waals surface area (Å²) in [6.07, 6.45) is 1.76. The highest BCUT2D eigenvalue weighted by atomic mass is 32.1. The van der Waals surface area contributed by atoms with Crippen LogP contribution in [0.3, 0.4) is 0 Å². The maximum Gasteiger partial charge on any atom is 0.154 e. The number of anilines is 2. The first-order valence-corrected chi connectivity index (χ1v) is 6.33. The lowest BCUT2D eigenvalue weighted by molar-refractivity contribution is 1.01.